The topological polar surface area (TPSA) is 72.6 Å². The fourth-order valence-corrected chi connectivity index (χ4v) is 1.76. The predicted octanol–water partition coefficient (Wildman–Crippen LogP) is 3.90. The third-order valence-electron chi connectivity index (χ3n) is 2.79. The Balaban J connectivity index is 2.40. The molecule has 0 saturated heterocycles. The number of ether oxygens (including phenoxy) is 1. The molecule has 0 aromatic heterocycles. The number of aliphatic hydroxyl groups is 1. The number of hydrogen-bond donors (Lipinski definition) is 1. The average Bonchev–Trinajstić information content (AvgIpc) is 2.46. The minimum absolute atomic E-state index is 0.175. The molecule has 22 heavy (non-hydrogen) atoms. The molecule has 0 heterocycles. The van der Waals surface area contributed by atoms with Crippen LogP contribution in [0, 0.1) is 10.1 Å². The van der Waals surface area contributed by atoms with Crippen LogP contribution in [-0.4, -0.2) is 10.0 Å². The van der Waals surface area contributed by atoms with Gasteiger partial charge in [-0.25, -0.2) is 0 Å². The SMILES string of the molecule is O=[N+]([O-])c1cc(C(F)(F)F)ccc1Oc1cccc(CO)c1. The molecular formula is C14H10F3NO4. The lowest BCUT2D eigenvalue weighted by molar-refractivity contribution is -0.385. The summed E-state index contributed by atoms with van der Waals surface area (Å²) >= 11 is 0. The first-order valence-electron chi connectivity index (χ1n) is 6.04. The van der Waals surface area contributed by atoms with Crippen LogP contribution in [0.15, 0.2) is 42.5 Å². The molecule has 116 valence electrons. The van der Waals surface area contributed by atoms with E-state index in [1.54, 1.807) is 12.1 Å². The number of benzene rings is 2. The second-order valence-electron chi connectivity index (χ2n) is 4.34. The van der Waals surface area contributed by atoms with E-state index < -0.39 is 22.4 Å². The molecular weight excluding hydrogens is 303 g/mol. The molecule has 2 aromatic carbocycles. The van der Waals surface area contributed by atoms with Gasteiger partial charge >= 0.3 is 11.9 Å². The summed E-state index contributed by atoms with van der Waals surface area (Å²) in [6.45, 7) is -0.258. The molecule has 0 fully saturated rings. The van der Waals surface area contributed by atoms with Gasteiger partial charge in [-0.1, -0.05) is 12.1 Å². The third-order valence-corrected chi connectivity index (χ3v) is 2.79. The first-order chi connectivity index (χ1) is 10.3. The number of alkyl halides is 3. The number of aliphatic hydroxyl groups excluding tert-OH is 1. The molecule has 0 aliphatic carbocycles. The molecule has 0 atom stereocenters. The van der Waals surface area contributed by atoms with Crippen molar-refractivity contribution in [1.82, 2.24) is 0 Å². The molecule has 2 rings (SSSR count). The van der Waals surface area contributed by atoms with Crippen LogP contribution in [0.2, 0.25) is 0 Å². The lowest BCUT2D eigenvalue weighted by Crippen LogP contribution is -2.06. The van der Waals surface area contributed by atoms with Gasteiger partial charge in [0, 0.05) is 6.07 Å². The lowest BCUT2D eigenvalue weighted by Gasteiger charge is -2.10. The van der Waals surface area contributed by atoms with E-state index in [0.29, 0.717) is 17.7 Å². The van der Waals surface area contributed by atoms with E-state index in [-0.39, 0.29) is 18.1 Å². The fraction of sp³-hybridized carbons (Fsp3) is 0.143. The van der Waals surface area contributed by atoms with Gasteiger partial charge in [0.15, 0.2) is 0 Å². The Morgan fingerprint density at radius 1 is 1.18 bits per heavy atom. The number of nitro groups is 1. The zero-order valence-corrected chi connectivity index (χ0v) is 11.0. The van der Waals surface area contributed by atoms with Crippen LogP contribution in [0.4, 0.5) is 18.9 Å². The molecule has 2 aromatic rings. The third kappa shape index (κ3) is 3.53. The Morgan fingerprint density at radius 2 is 1.91 bits per heavy atom. The first kappa shape index (κ1) is 15.8. The van der Waals surface area contributed by atoms with E-state index in [4.69, 9.17) is 9.84 Å². The van der Waals surface area contributed by atoms with E-state index in [1.807, 2.05) is 0 Å². The van der Waals surface area contributed by atoms with E-state index in [1.165, 1.54) is 12.1 Å². The highest BCUT2D eigenvalue weighted by Crippen LogP contribution is 2.37. The summed E-state index contributed by atoms with van der Waals surface area (Å²) in [5.41, 5.74) is -1.41. The van der Waals surface area contributed by atoms with Crippen molar-refractivity contribution >= 4 is 5.69 Å². The van der Waals surface area contributed by atoms with Crippen molar-refractivity contribution in [1.29, 1.82) is 0 Å². The summed E-state index contributed by atoms with van der Waals surface area (Å²) in [6.07, 6.45) is -4.68. The maximum atomic E-state index is 12.6. The minimum Gasteiger partial charge on any atom is -0.450 e. The smallest absolute Gasteiger partial charge is 0.416 e. The van der Waals surface area contributed by atoms with Crippen LogP contribution in [0.5, 0.6) is 11.5 Å². The highest BCUT2D eigenvalue weighted by Gasteiger charge is 2.33. The van der Waals surface area contributed by atoms with Crippen molar-refractivity contribution < 1.29 is 27.9 Å². The van der Waals surface area contributed by atoms with E-state index in [0.717, 1.165) is 6.07 Å². The van der Waals surface area contributed by atoms with Gasteiger partial charge < -0.3 is 9.84 Å². The van der Waals surface area contributed by atoms with Crippen LogP contribution in [0.25, 0.3) is 0 Å². The van der Waals surface area contributed by atoms with Crippen LogP contribution in [0.3, 0.4) is 0 Å². The van der Waals surface area contributed by atoms with Crippen molar-refractivity contribution in [2.45, 2.75) is 12.8 Å². The highest BCUT2D eigenvalue weighted by atomic mass is 19.4. The van der Waals surface area contributed by atoms with Gasteiger partial charge in [-0.15, -0.1) is 0 Å². The molecule has 0 saturated carbocycles. The summed E-state index contributed by atoms with van der Waals surface area (Å²) in [5.74, 6) is -0.137. The van der Waals surface area contributed by atoms with Crippen molar-refractivity contribution in [2.75, 3.05) is 0 Å². The van der Waals surface area contributed by atoms with Crippen LogP contribution < -0.4 is 4.74 Å². The second kappa shape index (κ2) is 6.02. The Bertz CT molecular complexity index is 701. The molecule has 0 bridgehead atoms. The van der Waals surface area contributed by atoms with Gasteiger partial charge in [0.05, 0.1) is 17.1 Å². The minimum atomic E-state index is -4.68. The zero-order chi connectivity index (χ0) is 16.3. The van der Waals surface area contributed by atoms with E-state index >= 15 is 0 Å². The Morgan fingerprint density at radius 3 is 2.50 bits per heavy atom. The maximum absolute atomic E-state index is 12.6. The second-order valence-corrected chi connectivity index (χ2v) is 4.34. The summed E-state index contributed by atoms with van der Waals surface area (Å²) in [5, 5.41) is 19.9. The monoisotopic (exact) mass is 313 g/mol. The summed E-state index contributed by atoms with van der Waals surface area (Å²) in [4.78, 5) is 9.99. The Kier molecular flexibility index (Phi) is 4.32. The fourth-order valence-electron chi connectivity index (χ4n) is 1.76. The van der Waals surface area contributed by atoms with Gasteiger partial charge in [0.1, 0.15) is 5.75 Å². The molecule has 0 aliphatic heterocycles. The van der Waals surface area contributed by atoms with E-state index in [2.05, 4.69) is 0 Å². The number of halogens is 3. The van der Waals surface area contributed by atoms with E-state index in [9.17, 15) is 23.3 Å². The normalized spacial score (nSPS) is 11.3. The molecule has 1 N–H and O–H groups in total. The van der Waals surface area contributed by atoms with Gasteiger partial charge in [-0.05, 0) is 29.8 Å². The Labute approximate surface area is 122 Å². The summed E-state index contributed by atoms with van der Waals surface area (Å²) in [6, 6.07) is 8.09. The number of hydrogen-bond acceptors (Lipinski definition) is 4. The maximum Gasteiger partial charge on any atom is 0.416 e. The number of nitrogens with zero attached hydrogens (tertiary/aromatic N) is 1. The molecule has 5 nitrogen and oxygen atoms in total. The largest absolute Gasteiger partial charge is 0.450 e. The highest BCUT2D eigenvalue weighted by molar-refractivity contribution is 5.51. The summed E-state index contributed by atoms with van der Waals surface area (Å²) < 4.78 is 43.1. The average molecular weight is 313 g/mol. The van der Waals surface area contributed by atoms with Crippen molar-refractivity contribution in [3.63, 3.8) is 0 Å². The van der Waals surface area contributed by atoms with Crippen LogP contribution >= 0.6 is 0 Å². The standard InChI is InChI=1S/C14H10F3NO4/c15-14(16,17)10-4-5-13(12(7-10)18(20)21)22-11-3-1-2-9(6-11)8-19/h1-7,19H,8H2. The van der Waals surface area contributed by atoms with Crippen molar-refractivity contribution in [3.05, 3.63) is 63.7 Å². The van der Waals surface area contributed by atoms with Crippen molar-refractivity contribution in [3.8, 4) is 11.5 Å². The van der Waals surface area contributed by atoms with Gasteiger partial charge in [-0.3, -0.25) is 10.1 Å². The van der Waals surface area contributed by atoms with Crippen LogP contribution in [-0.2, 0) is 12.8 Å². The molecule has 0 amide bonds. The molecule has 0 aliphatic rings. The summed E-state index contributed by atoms with van der Waals surface area (Å²) in [7, 11) is 0. The molecule has 0 radical (unpaired) electrons. The molecule has 0 unspecified atom stereocenters. The zero-order valence-electron chi connectivity index (χ0n) is 11.0. The van der Waals surface area contributed by atoms with Gasteiger partial charge in [0.25, 0.3) is 0 Å². The molecule has 8 heteroatoms. The first-order valence-corrected chi connectivity index (χ1v) is 6.04. The number of rotatable bonds is 4. The van der Waals surface area contributed by atoms with Gasteiger partial charge in [0.2, 0.25) is 5.75 Å². The quantitative estimate of drug-likeness (QED) is 0.686. The predicted molar refractivity (Wildman–Crippen MR) is 70.5 cm³/mol. The van der Waals surface area contributed by atoms with Crippen LogP contribution in [0.1, 0.15) is 11.1 Å². The van der Waals surface area contributed by atoms with Gasteiger partial charge in [-0.2, -0.15) is 13.2 Å². The lowest BCUT2D eigenvalue weighted by atomic mass is 10.2. The number of nitro benzene ring substituents is 1. The Hall–Kier alpha value is -2.61. The molecule has 0 spiro atoms. The van der Waals surface area contributed by atoms with Crippen molar-refractivity contribution in [2.24, 2.45) is 0 Å².